The van der Waals surface area contributed by atoms with Crippen molar-refractivity contribution in [3.8, 4) is 0 Å². The Balaban J connectivity index is 1.69. The molecule has 2 heterocycles. The molecule has 6 heteroatoms. The zero-order valence-corrected chi connectivity index (χ0v) is 13.8. The van der Waals surface area contributed by atoms with Crippen LogP contribution in [0.3, 0.4) is 0 Å². The van der Waals surface area contributed by atoms with Crippen LogP contribution in [0.4, 0.5) is 0 Å². The number of hydrogen-bond acceptors (Lipinski definition) is 3. The summed E-state index contributed by atoms with van der Waals surface area (Å²) in [4.78, 5) is 41.3. The molecule has 2 aliphatic heterocycles. The lowest BCUT2D eigenvalue weighted by Crippen LogP contribution is -2.48. The fourth-order valence-corrected chi connectivity index (χ4v) is 3.28. The molecular formula is C18H23N3O3. The first-order chi connectivity index (χ1) is 11.7. The van der Waals surface area contributed by atoms with E-state index in [1.807, 2.05) is 4.90 Å². The molecule has 24 heavy (non-hydrogen) atoms. The maximum absolute atomic E-state index is 12.6. The maximum atomic E-state index is 12.6. The molecular weight excluding hydrogens is 306 g/mol. The zero-order valence-electron chi connectivity index (χ0n) is 13.8. The van der Waals surface area contributed by atoms with Gasteiger partial charge in [0.05, 0.1) is 0 Å². The lowest BCUT2D eigenvalue weighted by atomic mass is 10.1. The fraction of sp³-hybridized carbons (Fsp3) is 0.500. The van der Waals surface area contributed by atoms with E-state index in [0.717, 1.165) is 32.3 Å². The summed E-state index contributed by atoms with van der Waals surface area (Å²) in [5, 5.41) is 0. The van der Waals surface area contributed by atoms with Crippen LogP contribution in [0, 0.1) is 0 Å². The van der Waals surface area contributed by atoms with Gasteiger partial charge in [0.2, 0.25) is 6.41 Å². The summed E-state index contributed by atoms with van der Waals surface area (Å²) in [6.07, 6.45) is 4.09. The number of benzene rings is 1. The van der Waals surface area contributed by atoms with Crippen LogP contribution in [0.25, 0.3) is 0 Å². The maximum Gasteiger partial charge on any atom is 0.253 e. The Labute approximate surface area is 142 Å². The van der Waals surface area contributed by atoms with Crippen LogP contribution in [0.2, 0.25) is 0 Å². The van der Waals surface area contributed by atoms with Crippen molar-refractivity contribution < 1.29 is 14.4 Å². The van der Waals surface area contributed by atoms with Crippen molar-refractivity contribution in [2.45, 2.75) is 19.3 Å². The molecule has 0 N–H and O–H groups in total. The molecule has 3 amide bonds. The first-order valence-electron chi connectivity index (χ1n) is 8.57. The number of likely N-dealkylation sites (tertiary alicyclic amines) is 1. The van der Waals surface area contributed by atoms with Crippen LogP contribution < -0.4 is 0 Å². The van der Waals surface area contributed by atoms with Crippen molar-refractivity contribution >= 4 is 18.2 Å². The summed E-state index contributed by atoms with van der Waals surface area (Å²) in [5.74, 6) is -0.0658. The molecule has 0 bridgehead atoms. The number of piperidine rings is 1. The van der Waals surface area contributed by atoms with Gasteiger partial charge in [0.1, 0.15) is 0 Å². The highest BCUT2D eigenvalue weighted by Crippen LogP contribution is 2.16. The molecule has 0 aromatic heterocycles. The van der Waals surface area contributed by atoms with Crippen LogP contribution in [0.15, 0.2) is 24.3 Å². The van der Waals surface area contributed by atoms with Crippen LogP contribution in [-0.2, 0) is 4.79 Å². The van der Waals surface area contributed by atoms with Gasteiger partial charge in [-0.3, -0.25) is 14.4 Å². The van der Waals surface area contributed by atoms with Gasteiger partial charge >= 0.3 is 0 Å². The Hall–Kier alpha value is -2.37. The smallest absolute Gasteiger partial charge is 0.253 e. The molecule has 2 saturated heterocycles. The Morgan fingerprint density at radius 3 is 1.88 bits per heavy atom. The number of nitrogens with zero attached hydrogens (tertiary/aromatic N) is 3. The molecule has 6 nitrogen and oxygen atoms in total. The second kappa shape index (κ2) is 7.47. The van der Waals surface area contributed by atoms with Gasteiger partial charge in [-0.25, -0.2) is 0 Å². The molecule has 1 aromatic rings. The molecule has 0 saturated carbocycles. The molecule has 128 valence electrons. The van der Waals surface area contributed by atoms with E-state index >= 15 is 0 Å². The third-order valence-corrected chi connectivity index (χ3v) is 4.75. The number of hydrogen-bond donors (Lipinski definition) is 0. The van der Waals surface area contributed by atoms with E-state index in [0.29, 0.717) is 37.3 Å². The summed E-state index contributed by atoms with van der Waals surface area (Å²) in [6, 6.07) is 7.00. The number of carbonyl (C=O) groups excluding carboxylic acids is 3. The van der Waals surface area contributed by atoms with Crippen molar-refractivity contribution in [3.05, 3.63) is 35.4 Å². The summed E-state index contributed by atoms with van der Waals surface area (Å²) < 4.78 is 0. The van der Waals surface area contributed by atoms with E-state index in [4.69, 9.17) is 0 Å². The normalized spacial score (nSPS) is 18.4. The molecule has 3 rings (SSSR count). The minimum absolute atomic E-state index is 0.00937. The predicted octanol–water partition coefficient (Wildman–Crippen LogP) is 1.23. The Morgan fingerprint density at radius 2 is 1.33 bits per heavy atom. The van der Waals surface area contributed by atoms with Crippen molar-refractivity contribution in [1.29, 1.82) is 0 Å². The molecule has 0 atom stereocenters. The molecule has 2 fully saturated rings. The minimum atomic E-state index is -0.0751. The van der Waals surface area contributed by atoms with Gasteiger partial charge in [0.25, 0.3) is 11.8 Å². The van der Waals surface area contributed by atoms with Crippen LogP contribution in [0.5, 0.6) is 0 Å². The molecule has 0 radical (unpaired) electrons. The molecule has 0 unspecified atom stereocenters. The van der Waals surface area contributed by atoms with E-state index in [-0.39, 0.29) is 11.8 Å². The molecule has 0 spiro atoms. The summed E-state index contributed by atoms with van der Waals surface area (Å²) in [5.41, 5.74) is 1.12. The van der Waals surface area contributed by atoms with E-state index in [1.165, 1.54) is 6.42 Å². The van der Waals surface area contributed by atoms with Crippen molar-refractivity contribution in [2.24, 2.45) is 0 Å². The first kappa shape index (κ1) is 16.5. The van der Waals surface area contributed by atoms with Crippen molar-refractivity contribution in [2.75, 3.05) is 39.3 Å². The predicted molar refractivity (Wildman–Crippen MR) is 89.7 cm³/mol. The second-order valence-corrected chi connectivity index (χ2v) is 6.37. The molecule has 0 aliphatic carbocycles. The van der Waals surface area contributed by atoms with Gasteiger partial charge in [-0.15, -0.1) is 0 Å². The highest BCUT2D eigenvalue weighted by molar-refractivity contribution is 5.99. The third kappa shape index (κ3) is 3.58. The monoisotopic (exact) mass is 329 g/mol. The second-order valence-electron chi connectivity index (χ2n) is 6.37. The number of rotatable bonds is 3. The first-order valence-corrected chi connectivity index (χ1v) is 8.57. The van der Waals surface area contributed by atoms with E-state index < -0.39 is 0 Å². The third-order valence-electron chi connectivity index (χ3n) is 4.75. The quantitative estimate of drug-likeness (QED) is 0.784. The lowest BCUT2D eigenvalue weighted by Gasteiger charge is -2.32. The Bertz CT molecular complexity index is 618. The summed E-state index contributed by atoms with van der Waals surface area (Å²) in [6.45, 7) is 3.77. The van der Waals surface area contributed by atoms with E-state index in [9.17, 15) is 14.4 Å². The number of amides is 3. The van der Waals surface area contributed by atoms with Gasteiger partial charge in [-0.2, -0.15) is 0 Å². The van der Waals surface area contributed by atoms with Crippen molar-refractivity contribution in [3.63, 3.8) is 0 Å². The van der Waals surface area contributed by atoms with Crippen LogP contribution >= 0.6 is 0 Å². The van der Waals surface area contributed by atoms with Crippen LogP contribution in [0.1, 0.15) is 40.0 Å². The zero-order chi connectivity index (χ0) is 16.9. The largest absolute Gasteiger partial charge is 0.342 e. The van der Waals surface area contributed by atoms with E-state index in [2.05, 4.69) is 0 Å². The number of piperazine rings is 1. The highest BCUT2D eigenvalue weighted by Gasteiger charge is 2.23. The Morgan fingerprint density at radius 1 is 0.792 bits per heavy atom. The average molecular weight is 329 g/mol. The van der Waals surface area contributed by atoms with Crippen LogP contribution in [-0.4, -0.2) is 72.2 Å². The van der Waals surface area contributed by atoms with Gasteiger partial charge in [0.15, 0.2) is 0 Å². The van der Waals surface area contributed by atoms with Gasteiger partial charge in [0, 0.05) is 50.4 Å². The topological polar surface area (TPSA) is 60.9 Å². The van der Waals surface area contributed by atoms with Gasteiger partial charge in [-0.1, -0.05) is 6.07 Å². The fourth-order valence-electron chi connectivity index (χ4n) is 3.28. The number of carbonyl (C=O) groups is 3. The highest BCUT2D eigenvalue weighted by atomic mass is 16.2. The minimum Gasteiger partial charge on any atom is -0.342 e. The van der Waals surface area contributed by atoms with Crippen molar-refractivity contribution in [1.82, 2.24) is 14.7 Å². The SMILES string of the molecule is O=CN1CCN(C(=O)c2cccc(C(=O)N3CCCCC3)c2)CC1. The molecule has 1 aromatic carbocycles. The van der Waals surface area contributed by atoms with Gasteiger partial charge in [-0.05, 0) is 37.5 Å². The summed E-state index contributed by atoms with van der Waals surface area (Å²) in [7, 11) is 0. The van der Waals surface area contributed by atoms with Gasteiger partial charge < -0.3 is 14.7 Å². The average Bonchev–Trinajstić information content (AvgIpc) is 2.67. The summed E-state index contributed by atoms with van der Waals surface area (Å²) >= 11 is 0. The van der Waals surface area contributed by atoms with E-state index in [1.54, 1.807) is 34.1 Å². The Kier molecular flexibility index (Phi) is 5.13. The standard InChI is InChI=1S/C18H23N3O3/c22-14-19-9-11-21(12-10-19)18(24)16-6-4-5-15(13-16)17(23)20-7-2-1-3-8-20/h4-6,13-14H,1-3,7-12H2. The lowest BCUT2D eigenvalue weighted by molar-refractivity contribution is -0.119. The molecule has 2 aliphatic rings.